The second-order valence-electron chi connectivity index (χ2n) is 4.64. The Hall–Kier alpha value is -2.69. The molecule has 23 heavy (non-hydrogen) atoms. The first-order valence-electron chi connectivity index (χ1n) is 6.59. The van der Waals surface area contributed by atoms with Crippen LogP contribution in [-0.4, -0.2) is 58.2 Å². The summed E-state index contributed by atoms with van der Waals surface area (Å²) in [7, 11) is 1.29. The van der Waals surface area contributed by atoms with Crippen LogP contribution >= 0.6 is 0 Å². The summed E-state index contributed by atoms with van der Waals surface area (Å²) in [5.41, 5.74) is 1.28. The Morgan fingerprint density at radius 2 is 1.57 bits per heavy atom. The van der Waals surface area contributed by atoms with Gasteiger partial charge in [-0.15, -0.1) is 0 Å². The average Bonchev–Trinajstić information content (AvgIpc) is 2.48. The van der Waals surface area contributed by atoms with Gasteiger partial charge in [-0.05, 0) is 6.42 Å². The molecule has 11 heteroatoms. The zero-order valence-electron chi connectivity index (χ0n) is 12.4. The van der Waals surface area contributed by atoms with Gasteiger partial charge in [0.25, 0.3) is 0 Å². The van der Waals surface area contributed by atoms with Gasteiger partial charge in [-0.3, -0.25) is 29.2 Å². The Kier molecular flexibility index (Phi) is 8.92. The van der Waals surface area contributed by atoms with E-state index in [2.05, 4.69) is 10.6 Å². The van der Waals surface area contributed by atoms with E-state index in [1.807, 2.05) is 0 Å². The molecule has 0 aliphatic carbocycles. The number of hydrogen-bond donors (Lipinski definition) is 6. The molecule has 0 saturated heterocycles. The highest BCUT2D eigenvalue weighted by Gasteiger charge is 2.28. The van der Waals surface area contributed by atoms with Gasteiger partial charge in [-0.1, -0.05) is 0 Å². The number of carboxylic acids is 2. The lowest BCUT2D eigenvalue weighted by Crippen LogP contribution is -2.48. The summed E-state index contributed by atoms with van der Waals surface area (Å²) in [6, 6.07) is -1.18. The standard InChI is InChI=1S/C12H19N3O8/c1-13-12(22)7(2-3-9(17)18)14-11(21)6(5-10(19)20)4-8(16)15-23/h6-7,23H,2-5H2,1H3,(H,13,22)(H,14,21)(H,15,16)(H,17,18)(H,19,20)/t6?,7-/m0/s1. The third-order valence-electron chi connectivity index (χ3n) is 2.87. The molecule has 0 rings (SSSR count). The van der Waals surface area contributed by atoms with Crippen molar-refractivity contribution in [3.63, 3.8) is 0 Å². The summed E-state index contributed by atoms with van der Waals surface area (Å²) in [5.74, 6) is -6.37. The number of nitrogens with one attached hydrogen (secondary N) is 3. The molecule has 0 aliphatic rings. The van der Waals surface area contributed by atoms with E-state index in [0.717, 1.165) is 0 Å². The van der Waals surface area contributed by atoms with Crippen LogP contribution in [-0.2, 0) is 24.0 Å². The first-order valence-corrected chi connectivity index (χ1v) is 6.59. The van der Waals surface area contributed by atoms with Crippen molar-refractivity contribution in [2.45, 2.75) is 31.7 Å². The third kappa shape index (κ3) is 8.36. The maximum atomic E-state index is 12.0. The maximum absolute atomic E-state index is 12.0. The quantitative estimate of drug-likeness (QED) is 0.197. The van der Waals surface area contributed by atoms with Crippen molar-refractivity contribution in [1.29, 1.82) is 0 Å². The minimum Gasteiger partial charge on any atom is -0.481 e. The average molecular weight is 333 g/mol. The minimum absolute atomic E-state index is 0.202. The Labute approximate surface area is 131 Å². The molecule has 11 nitrogen and oxygen atoms in total. The lowest BCUT2D eigenvalue weighted by molar-refractivity contribution is -0.143. The van der Waals surface area contributed by atoms with Crippen molar-refractivity contribution >= 4 is 29.7 Å². The van der Waals surface area contributed by atoms with Crippen LogP contribution in [0.1, 0.15) is 25.7 Å². The van der Waals surface area contributed by atoms with Gasteiger partial charge >= 0.3 is 11.9 Å². The number of carbonyl (C=O) groups is 5. The highest BCUT2D eigenvalue weighted by molar-refractivity contribution is 5.92. The second-order valence-corrected chi connectivity index (χ2v) is 4.64. The number of aliphatic carboxylic acids is 2. The van der Waals surface area contributed by atoms with Crippen molar-refractivity contribution in [3.05, 3.63) is 0 Å². The van der Waals surface area contributed by atoms with Crippen molar-refractivity contribution in [2.75, 3.05) is 7.05 Å². The highest BCUT2D eigenvalue weighted by atomic mass is 16.5. The zero-order chi connectivity index (χ0) is 18.0. The van der Waals surface area contributed by atoms with Crippen LogP contribution in [0, 0.1) is 5.92 Å². The van der Waals surface area contributed by atoms with Crippen molar-refractivity contribution in [3.8, 4) is 0 Å². The van der Waals surface area contributed by atoms with Crippen LogP contribution in [0.3, 0.4) is 0 Å². The molecular weight excluding hydrogens is 314 g/mol. The van der Waals surface area contributed by atoms with Crippen molar-refractivity contribution in [2.24, 2.45) is 5.92 Å². The van der Waals surface area contributed by atoms with Crippen LogP contribution in [0.2, 0.25) is 0 Å². The molecule has 0 aromatic rings. The number of hydrogen-bond acceptors (Lipinski definition) is 6. The molecule has 0 aliphatic heterocycles. The van der Waals surface area contributed by atoms with Crippen molar-refractivity contribution < 1.29 is 39.4 Å². The molecule has 0 radical (unpaired) electrons. The number of carboxylic acid groups (broad SMARTS) is 2. The Morgan fingerprint density at radius 1 is 0.957 bits per heavy atom. The predicted molar refractivity (Wildman–Crippen MR) is 73.2 cm³/mol. The zero-order valence-corrected chi connectivity index (χ0v) is 12.4. The number of hydroxylamine groups is 1. The SMILES string of the molecule is CNC(=O)[C@H](CCC(=O)O)NC(=O)C(CC(=O)O)CC(=O)NO. The van der Waals surface area contributed by atoms with E-state index in [-0.39, 0.29) is 12.8 Å². The Bertz CT molecular complexity index is 479. The van der Waals surface area contributed by atoms with Gasteiger partial charge in [0.2, 0.25) is 17.7 Å². The fraction of sp³-hybridized carbons (Fsp3) is 0.583. The molecule has 1 unspecified atom stereocenters. The highest BCUT2D eigenvalue weighted by Crippen LogP contribution is 2.11. The van der Waals surface area contributed by atoms with Crippen LogP contribution in [0.5, 0.6) is 0 Å². The number of amides is 3. The Morgan fingerprint density at radius 3 is 2.00 bits per heavy atom. The normalized spacial score (nSPS) is 12.6. The van der Waals surface area contributed by atoms with Gasteiger partial charge < -0.3 is 20.8 Å². The van der Waals surface area contributed by atoms with E-state index >= 15 is 0 Å². The minimum atomic E-state index is -1.35. The van der Waals surface area contributed by atoms with Gasteiger partial charge in [0.1, 0.15) is 6.04 Å². The molecule has 6 N–H and O–H groups in total. The first kappa shape index (κ1) is 20.3. The van der Waals surface area contributed by atoms with E-state index < -0.39 is 54.5 Å². The summed E-state index contributed by atoms with van der Waals surface area (Å²) in [6.45, 7) is 0. The summed E-state index contributed by atoms with van der Waals surface area (Å²) in [4.78, 5) is 56.1. The molecular formula is C12H19N3O8. The van der Waals surface area contributed by atoms with Gasteiger partial charge in [-0.2, -0.15) is 0 Å². The molecule has 3 amide bonds. The molecule has 0 aromatic carbocycles. The van der Waals surface area contributed by atoms with Crippen LogP contribution in [0.15, 0.2) is 0 Å². The number of carbonyl (C=O) groups excluding carboxylic acids is 3. The fourth-order valence-electron chi connectivity index (χ4n) is 1.74. The van der Waals surface area contributed by atoms with Crippen LogP contribution < -0.4 is 16.1 Å². The molecule has 2 atom stereocenters. The van der Waals surface area contributed by atoms with Crippen LogP contribution in [0.4, 0.5) is 0 Å². The molecule has 130 valence electrons. The molecule has 0 bridgehead atoms. The van der Waals surface area contributed by atoms with Gasteiger partial charge in [0, 0.05) is 19.9 Å². The summed E-state index contributed by atoms with van der Waals surface area (Å²) < 4.78 is 0. The monoisotopic (exact) mass is 333 g/mol. The molecule has 0 spiro atoms. The molecule has 0 heterocycles. The lowest BCUT2D eigenvalue weighted by atomic mass is 9.99. The van der Waals surface area contributed by atoms with E-state index in [1.54, 1.807) is 0 Å². The number of rotatable bonds is 10. The lowest BCUT2D eigenvalue weighted by Gasteiger charge is -2.20. The summed E-state index contributed by atoms with van der Waals surface area (Å²) >= 11 is 0. The third-order valence-corrected chi connectivity index (χ3v) is 2.87. The van der Waals surface area contributed by atoms with Gasteiger partial charge in [-0.25, -0.2) is 5.48 Å². The van der Waals surface area contributed by atoms with E-state index in [4.69, 9.17) is 15.4 Å². The van der Waals surface area contributed by atoms with E-state index in [9.17, 15) is 24.0 Å². The smallest absolute Gasteiger partial charge is 0.304 e. The predicted octanol–water partition coefficient (Wildman–Crippen LogP) is -1.93. The molecule has 0 aromatic heterocycles. The van der Waals surface area contributed by atoms with Crippen LogP contribution in [0.25, 0.3) is 0 Å². The second kappa shape index (κ2) is 10.1. The summed E-state index contributed by atoms with van der Waals surface area (Å²) in [6.07, 6.45) is -1.89. The number of likely N-dealkylation sites (N-methyl/N-ethyl adjacent to an activating group) is 1. The van der Waals surface area contributed by atoms with E-state index in [1.165, 1.54) is 12.5 Å². The van der Waals surface area contributed by atoms with Crippen molar-refractivity contribution in [1.82, 2.24) is 16.1 Å². The van der Waals surface area contributed by atoms with Gasteiger partial charge in [0.15, 0.2) is 0 Å². The van der Waals surface area contributed by atoms with Gasteiger partial charge in [0.05, 0.1) is 12.3 Å². The fourth-order valence-corrected chi connectivity index (χ4v) is 1.74. The molecule has 0 fully saturated rings. The Balaban J connectivity index is 4.98. The maximum Gasteiger partial charge on any atom is 0.304 e. The first-order chi connectivity index (χ1) is 10.7. The molecule has 0 saturated carbocycles. The summed E-state index contributed by atoms with van der Waals surface area (Å²) in [5, 5.41) is 30.3. The van der Waals surface area contributed by atoms with E-state index in [0.29, 0.717) is 0 Å². The largest absolute Gasteiger partial charge is 0.481 e. The topological polar surface area (TPSA) is 182 Å².